The molecule has 23 heavy (non-hydrogen) atoms. The van der Waals surface area contributed by atoms with Gasteiger partial charge in [0, 0.05) is 16.7 Å². The molecule has 2 N–H and O–H groups in total. The highest BCUT2D eigenvalue weighted by Gasteiger charge is 2.44. The van der Waals surface area contributed by atoms with E-state index in [1.807, 2.05) is 42.5 Å². The van der Waals surface area contributed by atoms with Crippen LogP contribution in [0.2, 0.25) is 5.02 Å². The number of phenolic OH excluding ortho intramolecular Hbond substituents is 1. The maximum absolute atomic E-state index is 11.6. The van der Waals surface area contributed by atoms with Crippen LogP contribution in [0.4, 0.5) is 0 Å². The van der Waals surface area contributed by atoms with Crippen LogP contribution in [0.25, 0.3) is 0 Å². The normalized spacial score (nSPS) is 18.7. The summed E-state index contributed by atoms with van der Waals surface area (Å²) in [6, 6.07) is 19.4. The third-order valence-electron chi connectivity index (χ3n) is 4.10. The van der Waals surface area contributed by atoms with Gasteiger partial charge in [0.25, 0.3) is 0 Å². The van der Waals surface area contributed by atoms with Crippen molar-refractivity contribution in [3.05, 3.63) is 88.4 Å². The zero-order valence-corrected chi connectivity index (χ0v) is 12.8. The fraction of sp³-hybridized carbons (Fsp3) is 0.0526. The monoisotopic (exact) mass is 324 g/mol. The van der Waals surface area contributed by atoms with E-state index in [0.29, 0.717) is 33.2 Å². The summed E-state index contributed by atoms with van der Waals surface area (Å²) in [7, 11) is 0. The first-order valence-corrected chi connectivity index (χ1v) is 7.57. The van der Waals surface area contributed by atoms with E-state index in [0.717, 1.165) is 0 Å². The van der Waals surface area contributed by atoms with E-state index in [-0.39, 0.29) is 5.75 Å². The third-order valence-corrected chi connectivity index (χ3v) is 4.31. The van der Waals surface area contributed by atoms with Crippen molar-refractivity contribution in [2.24, 2.45) is 0 Å². The Kier molecular flexibility index (Phi) is 3.08. The molecule has 0 bridgehead atoms. The Morgan fingerprint density at radius 3 is 2.35 bits per heavy atom. The average molecular weight is 325 g/mol. The number of aliphatic hydroxyl groups is 1. The Hall–Kier alpha value is -2.49. The van der Waals surface area contributed by atoms with Crippen molar-refractivity contribution in [3.8, 4) is 17.2 Å². The molecule has 0 radical (unpaired) electrons. The molecule has 0 amide bonds. The van der Waals surface area contributed by atoms with E-state index in [9.17, 15) is 10.2 Å². The molecule has 1 aliphatic rings. The van der Waals surface area contributed by atoms with Crippen molar-refractivity contribution >= 4 is 11.6 Å². The molecule has 3 aromatic carbocycles. The van der Waals surface area contributed by atoms with Crippen molar-refractivity contribution < 1.29 is 14.9 Å². The number of phenols is 1. The van der Waals surface area contributed by atoms with Crippen LogP contribution in [0.15, 0.2) is 66.7 Å². The minimum Gasteiger partial charge on any atom is -0.507 e. The van der Waals surface area contributed by atoms with E-state index in [4.69, 9.17) is 16.3 Å². The fourth-order valence-corrected chi connectivity index (χ4v) is 3.30. The fourth-order valence-electron chi connectivity index (χ4n) is 3.10. The standard InChI is InChI=1S/C19H13ClO3/c20-13-10-15(21)18-17(11-13)23-16-9-5-4-8-14(16)19(18,22)12-6-2-1-3-7-12/h1-11,21-22H. The van der Waals surface area contributed by atoms with Crippen LogP contribution in [-0.2, 0) is 5.60 Å². The molecule has 114 valence electrons. The number of fused-ring (bicyclic) bond motifs is 2. The first kappa shape index (κ1) is 14.1. The molecule has 0 spiro atoms. The van der Waals surface area contributed by atoms with E-state index < -0.39 is 5.60 Å². The van der Waals surface area contributed by atoms with Crippen molar-refractivity contribution in [2.45, 2.75) is 5.60 Å². The molecule has 4 heteroatoms. The van der Waals surface area contributed by atoms with Crippen molar-refractivity contribution in [1.29, 1.82) is 0 Å². The number of hydrogen-bond donors (Lipinski definition) is 2. The van der Waals surface area contributed by atoms with Crippen LogP contribution >= 0.6 is 11.6 Å². The van der Waals surface area contributed by atoms with Gasteiger partial charge in [-0.2, -0.15) is 0 Å². The highest BCUT2D eigenvalue weighted by Crippen LogP contribution is 2.53. The number of ether oxygens (including phenoxy) is 1. The van der Waals surface area contributed by atoms with Gasteiger partial charge in [-0.15, -0.1) is 0 Å². The van der Waals surface area contributed by atoms with Crippen LogP contribution in [0.1, 0.15) is 16.7 Å². The van der Waals surface area contributed by atoms with E-state index in [1.54, 1.807) is 18.2 Å². The molecule has 0 fully saturated rings. The SMILES string of the molecule is Oc1cc(Cl)cc2c1C(O)(c1ccccc1)c1ccccc1O2. The van der Waals surface area contributed by atoms with Gasteiger partial charge in [-0.25, -0.2) is 0 Å². The lowest BCUT2D eigenvalue weighted by atomic mass is 9.77. The van der Waals surface area contributed by atoms with Crippen molar-refractivity contribution in [1.82, 2.24) is 0 Å². The van der Waals surface area contributed by atoms with Gasteiger partial charge in [-0.05, 0) is 17.7 Å². The molecular weight excluding hydrogens is 312 g/mol. The second-order valence-electron chi connectivity index (χ2n) is 5.47. The molecule has 0 saturated carbocycles. The zero-order chi connectivity index (χ0) is 16.0. The predicted octanol–water partition coefficient (Wildman–Crippen LogP) is 4.44. The maximum Gasteiger partial charge on any atom is 0.151 e. The summed E-state index contributed by atoms with van der Waals surface area (Å²) in [5.41, 5.74) is 0.0119. The largest absolute Gasteiger partial charge is 0.507 e. The van der Waals surface area contributed by atoms with Crippen LogP contribution in [-0.4, -0.2) is 10.2 Å². The molecule has 1 atom stereocenters. The number of halogens is 1. The Balaban J connectivity index is 2.10. The third kappa shape index (κ3) is 2.01. The zero-order valence-electron chi connectivity index (χ0n) is 12.0. The molecule has 1 unspecified atom stereocenters. The first-order chi connectivity index (χ1) is 11.1. The number of para-hydroxylation sites is 1. The van der Waals surface area contributed by atoms with Gasteiger partial charge in [0.1, 0.15) is 17.2 Å². The minimum absolute atomic E-state index is 0.103. The molecule has 4 rings (SSSR count). The average Bonchev–Trinajstić information content (AvgIpc) is 2.55. The Morgan fingerprint density at radius 1 is 0.870 bits per heavy atom. The van der Waals surface area contributed by atoms with Crippen LogP contribution in [0.5, 0.6) is 17.2 Å². The van der Waals surface area contributed by atoms with E-state index >= 15 is 0 Å². The highest BCUT2D eigenvalue weighted by molar-refractivity contribution is 6.31. The summed E-state index contributed by atoms with van der Waals surface area (Å²) in [4.78, 5) is 0. The minimum atomic E-state index is -1.51. The van der Waals surface area contributed by atoms with Crippen LogP contribution < -0.4 is 4.74 Å². The van der Waals surface area contributed by atoms with E-state index in [2.05, 4.69) is 0 Å². The Labute approximate surface area is 138 Å². The van der Waals surface area contributed by atoms with Gasteiger partial charge in [-0.1, -0.05) is 60.1 Å². The number of hydrogen-bond acceptors (Lipinski definition) is 3. The Morgan fingerprint density at radius 2 is 1.57 bits per heavy atom. The van der Waals surface area contributed by atoms with Crippen molar-refractivity contribution in [2.75, 3.05) is 0 Å². The lowest BCUT2D eigenvalue weighted by molar-refractivity contribution is 0.109. The summed E-state index contributed by atoms with van der Waals surface area (Å²) in [6.07, 6.45) is 0. The second-order valence-corrected chi connectivity index (χ2v) is 5.91. The topological polar surface area (TPSA) is 49.7 Å². The number of aromatic hydroxyl groups is 1. The summed E-state index contributed by atoms with van der Waals surface area (Å²) in [5.74, 6) is 0.779. The second kappa shape index (κ2) is 5.01. The molecule has 3 nitrogen and oxygen atoms in total. The van der Waals surface area contributed by atoms with Gasteiger partial charge < -0.3 is 14.9 Å². The molecular formula is C19H13ClO3. The first-order valence-electron chi connectivity index (χ1n) is 7.19. The van der Waals surface area contributed by atoms with E-state index in [1.165, 1.54) is 6.07 Å². The summed E-state index contributed by atoms with van der Waals surface area (Å²) in [6.45, 7) is 0. The Bertz CT molecular complexity index is 892. The van der Waals surface area contributed by atoms with Crippen LogP contribution in [0, 0.1) is 0 Å². The summed E-state index contributed by atoms with van der Waals surface area (Å²) < 4.78 is 5.85. The molecule has 0 aliphatic carbocycles. The number of benzene rings is 3. The molecule has 0 aromatic heterocycles. The molecule has 3 aromatic rings. The molecule has 0 saturated heterocycles. The van der Waals surface area contributed by atoms with Crippen molar-refractivity contribution in [3.63, 3.8) is 0 Å². The molecule has 1 aliphatic heterocycles. The summed E-state index contributed by atoms with van der Waals surface area (Å²) in [5, 5.41) is 22.4. The number of rotatable bonds is 1. The van der Waals surface area contributed by atoms with Gasteiger partial charge in [0.15, 0.2) is 5.60 Å². The highest BCUT2D eigenvalue weighted by atomic mass is 35.5. The summed E-state index contributed by atoms with van der Waals surface area (Å²) >= 11 is 6.03. The molecule has 1 heterocycles. The van der Waals surface area contributed by atoms with Gasteiger partial charge in [0.2, 0.25) is 0 Å². The maximum atomic E-state index is 11.6. The smallest absolute Gasteiger partial charge is 0.151 e. The van der Waals surface area contributed by atoms with Crippen LogP contribution in [0.3, 0.4) is 0 Å². The predicted molar refractivity (Wildman–Crippen MR) is 88.2 cm³/mol. The lowest BCUT2D eigenvalue weighted by Crippen LogP contribution is -2.32. The van der Waals surface area contributed by atoms with Gasteiger partial charge >= 0.3 is 0 Å². The lowest BCUT2D eigenvalue weighted by Gasteiger charge is -2.36. The van der Waals surface area contributed by atoms with Gasteiger partial charge in [-0.3, -0.25) is 0 Å². The quantitative estimate of drug-likeness (QED) is 0.696. The van der Waals surface area contributed by atoms with Gasteiger partial charge in [0.05, 0.1) is 5.56 Å².